The Kier molecular flexibility index (Phi) is 4.97. The minimum atomic E-state index is -0.599. The minimum Gasteiger partial charge on any atom is -0.392 e. The van der Waals surface area contributed by atoms with Crippen molar-refractivity contribution in [3.63, 3.8) is 0 Å². The maximum absolute atomic E-state index is 13.3. The maximum Gasteiger partial charge on any atom is 0.142 e. The second kappa shape index (κ2) is 6.51. The van der Waals surface area contributed by atoms with E-state index in [1.165, 1.54) is 6.07 Å². The Morgan fingerprint density at radius 3 is 2.42 bits per heavy atom. The summed E-state index contributed by atoms with van der Waals surface area (Å²) in [5.41, 5.74) is 1.64. The highest BCUT2D eigenvalue weighted by Crippen LogP contribution is 2.23. The van der Waals surface area contributed by atoms with Crippen molar-refractivity contribution >= 4 is 27.5 Å². The SMILES string of the molecule is OC(Cc1ccccc1Br)Cc1cccc(F)c1Cl. The van der Waals surface area contributed by atoms with Gasteiger partial charge in [0, 0.05) is 10.9 Å². The first-order valence-electron chi connectivity index (χ1n) is 5.92. The molecule has 0 radical (unpaired) electrons. The molecular formula is C15H13BrClFO. The quantitative estimate of drug-likeness (QED) is 0.873. The van der Waals surface area contributed by atoms with Crippen molar-refractivity contribution in [3.8, 4) is 0 Å². The molecule has 100 valence electrons. The molecule has 19 heavy (non-hydrogen) atoms. The van der Waals surface area contributed by atoms with Crippen molar-refractivity contribution in [1.29, 1.82) is 0 Å². The van der Waals surface area contributed by atoms with Crippen LogP contribution in [0.4, 0.5) is 4.39 Å². The second-order valence-corrected chi connectivity index (χ2v) is 5.60. The van der Waals surface area contributed by atoms with Gasteiger partial charge < -0.3 is 5.11 Å². The van der Waals surface area contributed by atoms with E-state index < -0.39 is 11.9 Å². The van der Waals surface area contributed by atoms with Gasteiger partial charge in [-0.15, -0.1) is 0 Å². The van der Waals surface area contributed by atoms with Gasteiger partial charge in [0.2, 0.25) is 0 Å². The fourth-order valence-corrected chi connectivity index (χ4v) is 2.60. The molecule has 0 heterocycles. The van der Waals surface area contributed by atoms with Gasteiger partial charge in [0.15, 0.2) is 0 Å². The van der Waals surface area contributed by atoms with E-state index >= 15 is 0 Å². The summed E-state index contributed by atoms with van der Waals surface area (Å²) in [6.45, 7) is 0. The van der Waals surface area contributed by atoms with E-state index in [9.17, 15) is 9.50 Å². The van der Waals surface area contributed by atoms with Crippen molar-refractivity contribution in [2.75, 3.05) is 0 Å². The molecule has 2 rings (SSSR count). The lowest BCUT2D eigenvalue weighted by Crippen LogP contribution is -2.14. The van der Waals surface area contributed by atoms with E-state index in [0.29, 0.717) is 18.4 Å². The Balaban J connectivity index is 2.08. The molecule has 0 fully saturated rings. The fraction of sp³-hybridized carbons (Fsp3) is 0.200. The van der Waals surface area contributed by atoms with Crippen molar-refractivity contribution in [2.24, 2.45) is 0 Å². The first kappa shape index (κ1) is 14.5. The zero-order valence-electron chi connectivity index (χ0n) is 10.1. The fourth-order valence-electron chi connectivity index (χ4n) is 1.95. The van der Waals surface area contributed by atoms with Gasteiger partial charge in [-0.25, -0.2) is 4.39 Å². The minimum absolute atomic E-state index is 0.0914. The molecular weight excluding hydrogens is 331 g/mol. The highest BCUT2D eigenvalue weighted by atomic mass is 79.9. The number of benzene rings is 2. The van der Waals surface area contributed by atoms with E-state index in [4.69, 9.17) is 11.6 Å². The van der Waals surface area contributed by atoms with Crippen LogP contribution in [0.2, 0.25) is 5.02 Å². The third kappa shape index (κ3) is 3.78. The van der Waals surface area contributed by atoms with E-state index in [-0.39, 0.29) is 5.02 Å². The van der Waals surface area contributed by atoms with Crippen LogP contribution in [0.5, 0.6) is 0 Å². The average molecular weight is 344 g/mol. The van der Waals surface area contributed by atoms with Crippen LogP contribution in [0.15, 0.2) is 46.9 Å². The monoisotopic (exact) mass is 342 g/mol. The van der Waals surface area contributed by atoms with Gasteiger partial charge >= 0.3 is 0 Å². The molecule has 0 saturated heterocycles. The van der Waals surface area contributed by atoms with Gasteiger partial charge in [-0.1, -0.05) is 57.9 Å². The summed E-state index contributed by atoms with van der Waals surface area (Å²) in [5.74, 6) is -0.452. The molecule has 0 aliphatic rings. The van der Waals surface area contributed by atoms with Crippen molar-refractivity contribution in [3.05, 3.63) is 68.9 Å². The van der Waals surface area contributed by atoms with Crippen molar-refractivity contribution < 1.29 is 9.50 Å². The van der Waals surface area contributed by atoms with E-state index in [2.05, 4.69) is 15.9 Å². The summed E-state index contributed by atoms with van der Waals surface area (Å²) >= 11 is 9.32. The Morgan fingerprint density at radius 1 is 1.05 bits per heavy atom. The first-order chi connectivity index (χ1) is 9.08. The summed E-state index contributed by atoms with van der Waals surface area (Å²) in [6.07, 6.45) is 0.227. The molecule has 0 aliphatic carbocycles. The third-order valence-electron chi connectivity index (χ3n) is 2.90. The molecule has 0 aromatic heterocycles. The molecule has 1 N–H and O–H groups in total. The number of hydrogen-bond acceptors (Lipinski definition) is 1. The number of rotatable bonds is 4. The van der Waals surface area contributed by atoms with Crippen molar-refractivity contribution in [1.82, 2.24) is 0 Å². The zero-order chi connectivity index (χ0) is 13.8. The molecule has 1 unspecified atom stereocenters. The highest BCUT2D eigenvalue weighted by molar-refractivity contribution is 9.10. The molecule has 0 spiro atoms. The molecule has 0 aliphatic heterocycles. The van der Waals surface area contributed by atoms with Crippen LogP contribution in [0.1, 0.15) is 11.1 Å². The van der Waals surface area contributed by atoms with Gasteiger partial charge in [-0.2, -0.15) is 0 Å². The van der Waals surface area contributed by atoms with Gasteiger partial charge in [0.1, 0.15) is 5.82 Å². The summed E-state index contributed by atoms with van der Waals surface area (Å²) in [7, 11) is 0. The van der Waals surface area contributed by atoms with Crippen LogP contribution in [0, 0.1) is 5.82 Å². The van der Waals surface area contributed by atoms with E-state index in [1.807, 2.05) is 24.3 Å². The van der Waals surface area contributed by atoms with Crippen LogP contribution >= 0.6 is 27.5 Å². The van der Waals surface area contributed by atoms with Crippen LogP contribution < -0.4 is 0 Å². The number of hydrogen-bond donors (Lipinski definition) is 1. The topological polar surface area (TPSA) is 20.2 Å². The second-order valence-electron chi connectivity index (χ2n) is 4.37. The Bertz CT molecular complexity index is 574. The van der Waals surface area contributed by atoms with Gasteiger partial charge in [-0.05, 0) is 29.7 Å². The van der Waals surface area contributed by atoms with Crippen molar-refractivity contribution in [2.45, 2.75) is 18.9 Å². The summed E-state index contributed by atoms with van der Waals surface area (Å²) in [5, 5.41) is 10.2. The molecule has 4 heteroatoms. The predicted octanol–water partition coefficient (Wildman–Crippen LogP) is 4.39. The summed E-state index contributed by atoms with van der Waals surface area (Å²) < 4.78 is 14.3. The Hall–Kier alpha value is -0.900. The van der Waals surface area contributed by atoms with Crippen LogP contribution in [0.25, 0.3) is 0 Å². The molecule has 1 atom stereocenters. The predicted molar refractivity (Wildman–Crippen MR) is 79.0 cm³/mol. The first-order valence-corrected chi connectivity index (χ1v) is 7.09. The molecule has 0 saturated carbocycles. The Labute approximate surface area is 125 Å². The average Bonchev–Trinajstić information content (AvgIpc) is 2.38. The summed E-state index contributed by atoms with van der Waals surface area (Å²) in [4.78, 5) is 0. The maximum atomic E-state index is 13.3. The van der Waals surface area contributed by atoms with Gasteiger partial charge in [-0.3, -0.25) is 0 Å². The zero-order valence-corrected chi connectivity index (χ0v) is 12.5. The molecule has 1 nitrogen and oxygen atoms in total. The lowest BCUT2D eigenvalue weighted by molar-refractivity contribution is 0.175. The van der Waals surface area contributed by atoms with Gasteiger partial charge in [0.25, 0.3) is 0 Å². The van der Waals surface area contributed by atoms with Crippen LogP contribution in [-0.4, -0.2) is 11.2 Å². The Morgan fingerprint density at radius 2 is 1.68 bits per heavy atom. The lowest BCUT2D eigenvalue weighted by atomic mass is 10.0. The smallest absolute Gasteiger partial charge is 0.142 e. The van der Waals surface area contributed by atoms with E-state index in [0.717, 1.165) is 10.0 Å². The third-order valence-corrected chi connectivity index (χ3v) is 4.10. The lowest BCUT2D eigenvalue weighted by Gasteiger charge is -2.13. The number of aliphatic hydroxyl groups excluding tert-OH is 1. The molecule has 0 bridgehead atoms. The standard InChI is InChI=1S/C15H13BrClFO/c16-13-6-2-1-4-10(13)8-12(19)9-11-5-3-7-14(18)15(11)17/h1-7,12,19H,8-9H2. The van der Waals surface area contributed by atoms with E-state index in [1.54, 1.807) is 12.1 Å². The highest BCUT2D eigenvalue weighted by Gasteiger charge is 2.12. The molecule has 0 amide bonds. The van der Waals surface area contributed by atoms with Crippen LogP contribution in [-0.2, 0) is 12.8 Å². The molecule has 2 aromatic rings. The normalized spacial score (nSPS) is 12.4. The number of halogens is 3. The van der Waals surface area contributed by atoms with Crippen LogP contribution in [0.3, 0.4) is 0 Å². The van der Waals surface area contributed by atoms with Gasteiger partial charge in [0.05, 0.1) is 11.1 Å². The number of aliphatic hydroxyl groups is 1. The molecule has 2 aromatic carbocycles. The largest absolute Gasteiger partial charge is 0.392 e. The summed E-state index contributed by atoms with van der Waals surface area (Å²) in [6, 6.07) is 12.4.